The molecule has 132 heavy (non-hydrogen) atoms. The van der Waals surface area contributed by atoms with Crippen molar-refractivity contribution in [3.63, 3.8) is 0 Å². The zero-order valence-electron chi connectivity index (χ0n) is 78.5. The van der Waals surface area contributed by atoms with Crippen LogP contribution in [0.1, 0.15) is 220 Å². The van der Waals surface area contributed by atoms with Gasteiger partial charge in [-0.2, -0.15) is 0 Å². The Hall–Kier alpha value is -11.0. The molecule has 37 N–H and O–H groups in total. The second kappa shape index (κ2) is 64.7. The number of nitrogens with zero attached hydrogens (tertiary/aromatic N) is 1. The van der Waals surface area contributed by atoms with Gasteiger partial charge in [0, 0.05) is 30.1 Å². The lowest BCUT2D eigenvalue weighted by atomic mass is 9.97. The van der Waals surface area contributed by atoms with Crippen molar-refractivity contribution in [3.8, 4) is 0 Å². The van der Waals surface area contributed by atoms with E-state index in [-0.39, 0.29) is 135 Å². The van der Waals surface area contributed by atoms with Crippen molar-refractivity contribution in [2.45, 2.75) is 306 Å². The number of primary amides is 1. The topological polar surface area (TPSA) is 739 Å². The molecule has 15 amide bonds. The number of unbranched alkanes of at least 4 members (excludes halogenated alkanes) is 7. The number of aromatic amines is 1. The van der Waals surface area contributed by atoms with E-state index in [4.69, 9.17) is 63.1 Å². The Bertz CT molecular complexity index is 4080. The Labute approximate surface area is 776 Å². The first-order valence-electron chi connectivity index (χ1n) is 46.8. The van der Waals surface area contributed by atoms with Crippen LogP contribution in [0.4, 0.5) is 0 Å². The highest BCUT2D eigenvalue weighted by Gasteiger charge is 2.39. The summed E-state index contributed by atoms with van der Waals surface area (Å²) in [6.45, 7) is 12.9. The Morgan fingerprint density at radius 2 is 0.712 bits per heavy atom. The molecule has 0 unspecified atom stereocenters. The molecule has 0 saturated heterocycles. The first-order chi connectivity index (χ1) is 63.0. The third-order valence-electron chi connectivity index (χ3n) is 22.6. The number of guanidine groups is 1. The number of rotatable bonds is 70. The maximum atomic E-state index is 14.9. The molecular weight excluding hydrogens is 1700 g/mol. The summed E-state index contributed by atoms with van der Waals surface area (Å²) in [6.07, 6.45) is 8.20. The van der Waals surface area contributed by atoms with Crippen LogP contribution in [-0.2, 0) is 84.8 Å². The summed E-state index contributed by atoms with van der Waals surface area (Å²) >= 11 is 0. The fourth-order valence-corrected chi connectivity index (χ4v) is 14.6. The van der Waals surface area contributed by atoms with Crippen LogP contribution in [0.5, 0.6) is 0 Å². The minimum absolute atomic E-state index is 0.00644. The Morgan fingerprint density at radius 1 is 0.356 bits per heavy atom. The van der Waals surface area contributed by atoms with Crippen molar-refractivity contribution in [1.82, 2.24) is 79.4 Å². The van der Waals surface area contributed by atoms with Gasteiger partial charge < -0.3 is 142 Å². The van der Waals surface area contributed by atoms with Gasteiger partial charge in [-0.3, -0.25) is 76.9 Å². The first-order valence-corrected chi connectivity index (χ1v) is 46.8. The van der Waals surface area contributed by atoms with E-state index in [2.05, 4.69) is 84.4 Å². The smallest absolute Gasteiger partial charge is 0.243 e. The van der Waals surface area contributed by atoms with Crippen LogP contribution in [0, 0.1) is 17.8 Å². The third-order valence-corrected chi connectivity index (χ3v) is 22.6. The molecule has 2 aromatic carbocycles. The lowest BCUT2D eigenvalue weighted by Gasteiger charge is -2.29. The van der Waals surface area contributed by atoms with E-state index in [1.165, 1.54) is 6.92 Å². The van der Waals surface area contributed by atoms with Crippen LogP contribution in [-0.4, -0.2) is 243 Å². The normalized spacial score (nSPS) is 14.7. The molecule has 0 spiro atoms. The number of nitrogens with two attached hydrogens (primary N) is 11. The van der Waals surface area contributed by atoms with Crippen molar-refractivity contribution < 1.29 is 71.9 Å². The maximum Gasteiger partial charge on any atom is 0.243 e. The molecule has 15 atom stereocenters. The standard InChI is InChI=1S/C90H157N27O15/c1-8-56(6)75(117-78(121)61(98)50-58-29-10-9-11-30-58)89(132)105-57(7)77(120)114-72(51-59-52-103-62-32-13-12-31-60(59)62)86(129)115-71(49-54(2)3)87(130)116-74(55(4)5)88(131)113-64(34-15-22-42-92)79(122)104-53-73(118)106-65(40-28-48-102-90(100)101)80(123)108-67(36-17-24-44-94)82(125)110-69(38-19-26-46-96)84(127)112-70(39-20-27-47-97)85(128)111-68(37-18-25-45-95)83(126)109-66(35-16-23-43-93)81(124)107-63(76(99)119)33-14-21-41-91/h9-13,29-32,52,54-57,61,63-72,74-75,103H,8,14-28,33-51,53,91-98H2,1-7H3,(H2,99,119)(H,104,122)(H,105,132)(H,106,118)(H,107,124)(H,108,123)(H,109,126)(H,110,125)(H,111,128)(H,112,127)(H,113,131)(H,114,120)(H,115,129)(H,116,130)(H,117,121)(H4,100,101,102)/t56-,57-,61-,63-,64-,65-,66-,67-,68-,69-,70-,71-,72-,74-,75-/m0/s1. The molecule has 1 aromatic heterocycles. The summed E-state index contributed by atoms with van der Waals surface area (Å²) < 4.78 is 0. The number of aliphatic imine (C=N–C) groups is 1. The lowest BCUT2D eigenvalue weighted by molar-refractivity contribution is -0.136. The van der Waals surface area contributed by atoms with Crippen molar-refractivity contribution in [1.29, 1.82) is 0 Å². The summed E-state index contributed by atoms with van der Waals surface area (Å²) in [4.78, 5) is 222. The molecule has 0 aliphatic rings. The van der Waals surface area contributed by atoms with Gasteiger partial charge in [-0.25, -0.2) is 0 Å². The van der Waals surface area contributed by atoms with Crippen molar-refractivity contribution >= 4 is 105 Å². The number of carbonyl (C=O) groups excluding carboxylic acids is 15. The zero-order chi connectivity index (χ0) is 98.2. The number of amides is 15. The number of para-hydroxylation sites is 1. The Kier molecular flexibility index (Phi) is 56.5. The molecule has 0 aliphatic heterocycles. The second-order valence-corrected chi connectivity index (χ2v) is 34.6. The number of aromatic nitrogens is 1. The van der Waals surface area contributed by atoms with Crippen molar-refractivity contribution in [2.24, 2.45) is 85.8 Å². The van der Waals surface area contributed by atoms with Gasteiger partial charge >= 0.3 is 0 Å². The molecule has 42 heteroatoms. The van der Waals surface area contributed by atoms with E-state index in [9.17, 15) is 71.9 Å². The highest BCUT2D eigenvalue weighted by molar-refractivity contribution is 6.01. The fraction of sp³-hybridized carbons (Fsp3) is 0.667. The predicted molar refractivity (Wildman–Crippen MR) is 507 cm³/mol. The number of carbonyl (C=O) groups is 15. The summed E-state index contributed by atoms with van der Waals surface area (Å²) in [5, 5.41) is 39.0. The Morgan fingerprint density at radius 3 is 1.13 bits per heavy atom. The molecule has 742 valence electrons. The van der Waals surface area contributed by atoms with E-state index < -0.39 is 192 Å². The highest BCUT2D eigenvalue weighted by Crippen LogP contribution is 2.22. The van der Waals surface area contributed by atoms with Crippen LogP contribution < -0.4 is 138 Å². The van der Waals surface area contributed by atoms with Crippen molar-refractivity contribution in [3.05, 3.63) is 71.9 Å². The zero-order valence-corrected chi connectivity index (χ0v) is 78.5. The van der Waals surface area contributed by atoms with Gasteiger partial charge in [0.05, 0.1) is 12.6 Å². The Balaban J connectivity index is 1.93. The summed E-state index contributed by atoms with van der Waals surface area (Å²) in [5.41, 5.74) is 66.4. The summed E-state index contributed by atoms with van der Waals surface area (Å²) in [6, 6.07) is -1.34. The SMILES string of the molecule is CC[C@H](C)[C@H](NC(=O)[C@@H](N)Cc1ccccc1)C(=O)N[C@@H](C)C(=O)N[C@@H](Cc1c[nH]c2ccccc12)C(=O)N[C@@H](CC(C)C)C(=O)N[C@H](C(=O)N[C@@H](CCCCN)C(=O)NCC(=O)N[C@@H](CCCN=C(N)N)C(=O)N[C@@H](CCCCN)C(=O)N[C@@H](CCCCN)C(=O)N[C@@H](CCCCN)C(=O)N[C@@H](CCCCN)C(=O)N[C@@H](CCCCN)C(=O)N[C@@H](CCCCN)C(N)=O)C(C)C. The van der Waals surface area contributed by atoms with E-state index in [1.54, 1.807) is 33.0 Å². The van der Waals surface area contributed by atoms with Crippen LogP contribution in [0.2, 0.25) is 0 Å². The predicted octanol–water partition coefficient (Wildman–Crippen LogP) is -3.09. The lowest BCUT2D eigenvalue weighted by Crippen LogP contribution is -2.61. The first kappa shape index (κ1) is 115. The molecule has 0 aliphatic carbocycles. The number of benzene rings is 2. The number of H-pyrrole nitrogens is 1. The summed E-state index contributed by atoms with van der Waals surface area (Å²) in [7, 11) is 0. The highest BCUT2D eigenvalue weighted by atomic mass is 16.2. The van der Waals surface area contributed by atoms with E-state index in [0.717, 1.165) is 16.5 Å². The summed E-state index contributed by atoms with van der Waals surface area (Å²) in [5.74, 6) is -13.2. The molecule has 3 rings (SSSR count). The minimum atomic E-state index is -1.43. The maximum absolute atomic E-state index is 14.9. The monoisotopic (exact) mass is 1860 g/mol. The molecule has 0 saturated carbocycles. The molecule has 1 heterocycles. The van der Waals surface area contributed by atoms with Gasteiger partial charge in [0.1, 0.15) is 78.5 Å². The van der Waals surface area contributed by atoms with Gasteiger partial charge in [0.25, 0.3) is 0 Å². The van der Waals surface area contributed by atoms with Gasteiger partial charge in [0.2, 0.25) is 88.6 Å². The van der Waals surface area contributed by atoms with Gasteiger partial charge in [-0.1, -0.05) is 96.5 Å². The largest absolute Gasteiger partial charge is 0.370 e. The molecule has 3 aromatic rings. The van der Waals surface area contributed by atoms with Gasteiger partial charge in [0.15, 0.2) is 5.96 Å². The fourth-order valence-electron chi connectivity index (χ4n) is 14.6. The van der Waals surface area contributed by atoms with Crippen LogP contribution in [0.15, 0.2) is 65.8 Å². The van der Waals surface area contributed by atoms with E-state index in [1.807, 2.05) is 69.3 Å². The van der Waals surface area contributed by atoms with Crippen LogP contribution in [0.3, 0.4) is 0 Å². The number of nitrogens with one attached hydrogen (secondary N) is 15. The van der Waals surface area contributed by atoms with E-state index >= 15 is 0 Å². The molecular formula is C90H157N27O15. The molecule has 0 bridgehead atoms. The van der Waals surface area contributed by atoms with Gasteiger partial charge in [-0.05, 0) is 248 Å². The van der Waals surface area contributed by atoms with Crippen LogP contribution >= 0.6 is 0 Å². The average Bonchev–Trinajstić information content (AvgIpc) is 1.68. The number of hydrogen-bond acceptors (Lipinski definition) is 24. The van der Waals surface area contributed by atoms with Crippen LogP contribution in [0.25, 0.3) is 10.9 Å². The van der Waals surface area contributed by atoms with E-state index in [0.29, 0.717) is 109 Å². The minimum Gasteiger partial charge on any atom is -0.370 e. The molecule has 0 fully saturated rings. The number of hydrogen-bond donors (Lipinski definition) is 26. The van der Waals surface area contributed by atoms with Gasteiger partial charge in [-0.15, -0.1) is 0 Å². The third kappa shape index (κ3) is 44.0. The number of fused-ring (bicyclic) bond motifs is 1. The second-order valence-electron chi connectivity index (χ2n) is 34.6. The average molecular weight is 1860 g/mol. The molecule has 42 nitrogen and oxygen atoms in total. The quantitative estimate of drug-likeness (QED) is 0.0151. The van der Waals surface area contributed by atoms with Crippen molar-refractivity contribution in [2.75, 3.05) is 58.9 Å². The molecule has 0 radical (unpaired) electrons.